The summed E-state index contributed by atoms with van der Waals surface area (Å²) in [6.07, 6.45) is 9.64. The number of benzene rings is 1. The molecule has 1 amide bonds. The molecule has 2 saturated carbocycles. The Kier molecular flexibility index (Phi) is 3.61. The minimum Gasteiger partial charge on any atom is -0.361 e. The van der Waals surface area contributed by atoms with Crippen LogP contribution >= 0.6 is 0 Å². The Labute approximate surface area is 147 Å². The summed E-state index contributed by atoms with van der Waals surface area (Å²) in [5.41, 5.74) is 1.98. The number of H-pyrrole nitrogens is 1. The predicted octanol–water partition coefficient (Wildman–Crippen LogP) is 4.28. The van der Waals surface area contributed by atoms with Crippen molar-refractivity contribution in [3.8, 4) is 0 Å². The smallest absolute Gasteiger partial charge is 0.223 e. The number of halogens is 1. The van der Waals surface area contributed by atoms with Gasteiger partial charge in [0, 0.05) is 36.1 Å². The molecule has 4 fully saturated rings. The van der Waals surface area contributed by atoms with E-state index in [1.54, 1.807) is 12.1 Å². The summed E-state index contributed by atoms with van der Waals surface area (Å²) in [4.78, 5) is 18.3. The average molecular weight is 340 g/mol. The van der Waals surface area contributed by atoms with Crippen LogP contribution in [0.5, 0.6) is 0 Å². The molecule has 25 heavy (non-hydrogen) atoms. The van der Waals surface area contributed by atoms with Gasteiger partial charge >= 0.3 is 0 Å². The van der Waals surface area contributed by atoms with Gasteiger partial charge in [-0.25, -0.2) is 4.39 Å². The molecule has 2 atom stereocenters. The topological polar surface area (TPSA) is 36.1 Å². The highest BCUT2D eigenvalue weighted by Crippen LogP contribution is 2.47. The molecule has 2 aromatic rings. The molecule has 4 bridgehead atoms. The summed E-state index contributed by atoms with van der Waals surface area (Å²) in [6, 6.07) is 5.28. The molecule has 2 unspecified atom stereocenters. The summed E-state index contributed by atoms with van der Waals surface area (Å²) in [5.74, 6) is 2.51. The molecule has 3 nitrogen and oxygen atoms in total. The molecule has 3 heterocycles. The Hall–Kier alpha value is -1.84. The summed E-state index contributed by atoms with van der Waals surface area (Å²) in [7, 11) is 0. The van der Waals surface area contributed by atoms with E-state index in [9.17, 15) is 9.18 Å². The Morgan fingerprint density at radius 2 is 1.88 bits per heavy atom. The number of nitrogens with one attached hydrogen (secondary N) is 1. The number of aryl methyl sites for hydroxylation is 1. The van der Waals surface area contributed by atoms with E-state index in [-0.39, 0.29) is 5.82 Å². The quantitative estimate of drug-likeness (QED) is 0.889. The number of nitrogens with zero attached hydrogens (tertiary/aromatic N) is 1. The zero-order valence-electron chi connectivity index (χ0n) is 14.5. The molecule has 2 aliphatic heterocycles. The highest BCUT2D eigenvalue weighted by molar-refractivity contribution is 5.84. The number of rotatable bonds is 3. The Morgan fingerprint density at radius 1 is 1.12 bits per heavy atom. The fourth-order valence-electron chi connectivity index (χ4n) is 5.83. The molecular weight excluding hydrogens is 315 g/mol. The highest BCUT2D eigenvalue weighted by atomic mass is 19.1. The van der Waals surface area contributed by atoms with Gasteiger partial charge in [-0.3, -0.25) is 4.79 Å². The number of fused-ring (bicyclic) bond motifs is 2. The number of aromatic nitrogens is 1. The van der Waals surface area contributed by atoms with E-state index >= 15 is 0 Å². The van der Waals surface area contributed by atoms with Crippen molar-refractivity contribution in [1.82, 2.24) is 9.88 Å². The fraction of sp³-hybridized carbons (Fsp3) is 0.571. The number of amides is 1. The first-order chi connectivity index (χ1) is 12.2. The van der Waals surface area contributed by atoms with Gasteiger partial charge in [0.1, 0.15) is 5.82 Å². The summed E-state index contributed by atoms with van der Waals surface area (Å²) >= 11 is 0. The molecule has 1 aromatic heterocycles. The molecule has 4 heteroatoms. The highest BCUT2D eigenvalue weighted by Gasteiger charge is 2.43. The standard InChI is InChI=1S/C21H25FN2O/c22-17-2-3-20-19(10-17)16(11-23-20)1-4-21(25)24-12-15-6-13-5-14(7-15)9-18(24)8-13/h2-3,10-11,13-15,18,23H,1,4-9,12H2. The van der Waals surface area contributed by atoms with E-state index < -0.39 is 0 Å². The molecule has 2 saturated heterocycles. The lowest BCUT2D eigenvalue weighted by atomic mass is 9.68. The van der Waals surface area contributed by atoms with Gasteiger partial charge in [0.15, 0.2) is 0 Å². The summed E-state index contributed by atoms with van der Waals surface area (Å²) < 4.78 is 13.5. The molecule has 1 N–H and O–H groups in total. The van der Waals surface area contributed by atoms with E-state index in [1.807, 2.05) is 6.20 Å². The summed E-state index contributed by atoms with van der Waals surface area (Å²) in [5, 5.41) is 0.906. The van der Waals surface area contributed by atoms with Crippen LogP contribution in [0, 0.1) is 23.6 Å². The monoisotopic (exact) mass is 340 g/mol. The van der Waals surface area contributed by atoms with Crippen LogP contribution in [0.4, 0.5) is 4.39 Å². The number of hydrogen-bond acceptors (Lipinski definition) is 1. The van der Waals surface area contributed by atoms with Gasteiger partial charge in [0.25, 0.3) is 0 Å². The minimum atomic E-state index is -0.222. The Morgan fingerprint density at radius 3 is 2.68 bits per heavy atom. The third-order valence-corrected chi connectivity index (χ3v) is 6.76. The van der Waals surface area contributed by atoms with Gasteiger partial charge in [0.2, 0.25) is 5.91 Å². The van der Waals surface area contributed by atoms with Crippen LogP contribution in [0.1, 0.15) is 44.1 Å². The van der Waals surface area contributed by atoms with Crippen molar-refractivity contribution in [1.29, 1.82) is 0 Å². The maximum absolute atomic E-state index is 13.5. The lowest BCUT2D eigenvalue weighted by Gasteiger charge is -2.39. The second-order valence-corrected chi connectivity index (χ2v) is 8.48. The summed E-state index contributed by atoms with van der Waals surface area (Å²) in [6.45, 7) is 0.971. The van der Waals surface area contributed by atoms with Crippen molar-refractivity contribution in [3.63, 3.8) is 0 Å². The van der Waals surface area contributed by atoms with Crippen LogP contribution in [-0.4, -0.2) is 28.4 Å². The average Bonchev–Trinajstić information content (AvgIpc) is 2.87. The second-order valence-electron chi connectivity index (χ2n) is 8.48. The van der Waals surface area contributed by atoms with E-state index in [0.29, 0.717) is 24.8 Å². The van der Waals surface area contributed by atoms with E-state index in [4.69, 9.17) is 0 Å². The SMILES string of the molecule is O=C(CCc1c[nH]c2ccc(F)cc12)N1CC2CC3CC(C2)CC1C3. The zero-order chi connectivity index (χ0) is 17.0. The van der Waals surface area contributed by atoms with Crippen molar-refractivity contribution >= 4 is 16.8 Å². The van der Waals surface area contributed by atoms with Gasteiger partial charge < -0.3 is 9.88 Å². The number of carbonyl (C=O) groups is 1. The Balaban J connectivity index is 1.31. The normalized spacial score (nSPS) is 30.8. The fourth-order valence-corrected chi connectivity index (χ4v) is 5.83. The molecule has 1 aromatic carbocycles. The number of carbonyl (C=O) groups excluding carboxylic acids is 1. The lowest BCUT2D eigenvalue weighted by molar-refractivity contribution is -0.134. The molecule has 4 aliphatic rings. The van der Waals surface area contributed by atoms with Crippen LogP contribution in [0.15, 0.2) is 24.4 Å². The first-order valence-corrected chi connectivity index (χ1v) is 9.70. The molecule has 132 valence electrons. The maximum atomic E-state index is 13.5. The van der Waals surface area contributed by atoms with E-state index in [2.05, 4.69) is 9.88 Å². The predicted molar refractivity (Wildman–Crippen MR) is 95.6 cm³/mol. The molecule has 0 radical (unpaired) electrons. The van der Waals surface area contributed by atoms with Crippen LogP contribution in [0.3, 0.4) is 0 Å². The number of aromatic amines is 1. The van der Waals surface area contributed by atoms with Gasteiger partial charge in [-0.2, -0.15) is 0 Å². The van der Waals surface area contributed by atoms with Crippen molar-refractivity contribution in [2.75, 3.05) is 6.54 Å². The van der Waals surface area contributed by atoms with Gasteiger partial charge in [-0.15, -0.1) is 0 Å². The van der Waals surface area contributed by atoms with E-state index in [1.165, 1.54) is 38.2 Å². The molecule has 0 spiro atoms. The number of hydrogen-bond donors (Lipinski definition) is 1. The van der Waals surface area contributed by atoms with Gasteiger partial charge in [-0.05, 0) is 80.0 Å². The van der Waals surface area contributed by atoms with Gasteiger partial charge in [0.05, 0.1) is 0 Å². The molecule has 6 rings (SSSR count). The maximum Gasteiger partial charge on any atom is 0.223 e. The Bertz CT molecular complexity index is 799. The minimum absolute atomic E-state index is 0.222. The van der Waals surface area contributed by atoms with Crippen molar-refractivity contribution < 1.29 is 9.18 Å². The first-order valence-electron chi connectivity index (χ1n) is 9.70. The second kappa shape index (κ2) is 5.86. The van der Waals surface area contributed by atoms with Crippen molar-refractivity contribution in [3.05, 3.63) is 35.8 Å². The van der Waals surface area contributed by atoms with Crippen LogP contribution in [-0.2, 0) is 11.2 Å². The lowest BCUT2D eigenvalue weighted by Crippen LogP contribution is -2.42. The van der Waals surface area contributed by atoms with Crippen molar-refractivity contribution in [2.24, 2.45) is 17.8 Å². The van der Waals surface area contributed by atoms with Crippen LogP contribution in [0.2, 0.25) is 0 Å². The first kappa shape index (κ1) is 15.4. The third-order valence-electron chi connectivity index (χ3n) is 6.76. The van der Waals surface area contributed by atoms with E-state index in [0.717, 1.165) is 40.8 Å². The zero-order valence-corrected chi connectivity index (χ0v) is 14.5. The van der Waals surface area contributed by atoms with Crippen LogP contribution in [0.25, 0.3) is 10.9 Å². The largest absolute Gasteiger partial charge is 0.361 e. The van der Waals surface area contributed by atoms with Crippen LogP contribution < -0.4 is 0 Å². The third kappa shape index (κ3) is 2.76. The van der Waals surface area contributed by atoms with Gasteiger partial charge in [-0.1, -0.05) is 0 Å². The van der Waals surface area contributed by atoms with Crippen molar-refractivity contribution in [2.45, 2.75) is 51.0 Å². The molecule has 2 aliphatic carbocycles. The molecular formula is C21H25FN2O.